The van der Waals surface area contributed by atoms with Gasteiger partial charge >= 0.3 is 5.97 Å². The van der Waals surface area contributed by atoms with E-state index in [0.717, 1.165) is 25.7 Å². The van der Waals surface area contributed by atoms with E-state index in [9.17, 15) is 14.7 Å². The number of ether oxygens (including phenoxy) is 1. The molecule has 1 heterocycles. The molecule has 0 radical (unpaired) electrons. The molecule has 1 saturated heterocycles. The Kier molecular flexibility index (Phi) is 4.34. The molecular weight excluding hydrogens is 260 g/mol. The minimum absolute atomic E-state index is 0.0329. The maximum Gasteiger partial charge on any atom is 0.331 e. The molecule has 1 unspecified atom stereocenters. The molecule has 1 amide bonds. The van der Waals surface area contributed by atoms with Crippen LogP contribution in [0.2, 0.25) is 0 Å². The third-order valence-electron chi connectivity index (χ3n) is 4.89. The summed E-state index contributed by atoms with van der Waals surface area (Å²) in [7, 11) is 0. The summed E-state index contributed by atoms with van der Waals surface area (Å²) in [4.78, 5) is 24.1. The van der Waals surface area contributed by atoms with Crippen molar-refractivity contribution in [3.05, 3.63) is 0 Å². The van der Waals surface area contributed by atoms with Crippen molar-refractivity contribution >= 4 is 11.9 Å². The highest BCUT2D eigenvalue weighted by molar-refractivity contribution is 5.90. The molecule has 6 nitrogen and oxygen atoms in total. The number of amides is 1. The third kappa shape index (κ3) is 2.67. The van der Waals surface area contributed by atoms with Crippen LogP contribution in [-0.2, 0) is 14.3 Å². The van der Waals surface area contributed by atoms with Gasteiger partial charge in [0.1, 0.15) is 0 Å². The molecule has 0 aromatic heterocycles. The van der Waals surface area contributed by atoms with Gasteiger partial charge in [0.15, 0.2) is 5.54 Å². The molecule has 0 spiro atoms. The van der Waals surface area contributed by atoms with E-state index >= 15 is 0 Å². The summed E-state index contributed by atoms with van der Waals surface area (Å²) in [6.45, 7) is 2.83. The zero-order valence-corrected chi connectivity index (χ0v) is 12.0. The quantitative estimate of drug-likeness (QED) is 0.698. The summed E-state index contributed by atoms with van der Waals surface area (Å²) in [5.41, 5.74) is 3.95. The smallest absolute Gasteiger partial charge is 0.331 e. The predicted octanol–water partition coefficient (Wildman–Crippen LogP) is 0.502. The van der Waals surface area contributed by atoms with Crippen molar-refractivity contribution in [2.75, 3.05) is 19.8 Å². The molecule has 0 aromatic rings. The lowest BCUT2D eigenvalue weighted by molar-refractivity contribution is -0.150. The fourth-order valence-electron chi connectivity index (χ4n) is 3.07. The van der Waals surface area contributed by atoms with Crippen LogP contribution in [0.25, 0.3) is 0 Å². The Morgan fingerprint density at radius 1 is 1.35 bits per heavy atom. The van der Waals surface area contributed by atoms with Crippen molar-refractivity contribution in [3.8, 4) is 0 Å². The zero-order chi connectivity index (χ0) is 14.8. The Morgan fingerprint density at radius 2 is 2.00 bits per heavy atom. The van der Waals surface area contributed by atoms with Crippen molar-refractivity contribution in [2.45, 2.75) is 44.6 Å². The topological polar surface area (TPSA) is 102 Å². The lowest BCUT2D eigenvalue weighted by Crippen LogP contribution is -2.60. The first-order valence-corrected chi connectivity index (χ1v) is 7.28. The SMILES string of the molecule is CC1CCC(CN)(C(=O)NC2(C(=O)O)CCOC2)CC1. The normalized spacial score (nSPS) is 37.6. The number of hydrogen-bond acceptors (Lipinski definition) is 4. The molecule has 2 fully saturated rings. The van der Waals surface area contributed by atoms with Gasteiger partial charge in [-0.3, -0.25) is 4.79 Å². The van der Waals surface area contributed by atoms with Gasteiger partial charge in [0.25, 0.3) is 0 Å². The highest BCUT2D eigenvalue weighted by atomic mass is 16.5. The fourth-order valence-corrected chi connectivity index (χ4v) is 3.07. The first kappa shape index (κ1) is 15.3. The third-order valence-corrected chi connectivity index (χ3v) is 4.89. The van der Waals surface area contributed by atoms with Crippen molar-refractivity contribution < 1.29 is 19.4 Å². The second-order valence-electron chi connectivity index (χ2n) is 6.31. The van der Waals surface area contributed by atoms with Gasteiger partial charge in [0.05, 0.1) is 12.0 Å². The van der Waals surface area contributed by atoms with Crippen LogP contribution in [0, 0.1) is 11.3 Å². The fraction of sp³-hybridized carbons (Fsp3) is 0.857. The van der Waals surface area contributed by atoms with Gasteiger partial charge in [0.2, 0.25) is 5.91 Å². The first-order valence-electron chi connectivity index (χ1n) is 7.28. The number of carboxylic acid groups (broad SMARTS) is 1. The van der Waals surface area contributed by atoms with Crippen molar-refractivity contribution in [1.29, 1.82) is 0 Å². The lowest BCUT2D eigenvalue weighted by atomic mass is 9.70. The molecule has 2 rings (SSSR count). The summed E-state index contributed by atoms with van der Waals surface area (Å²) in [5, 5.41) is 12.1. The summed E-state index contributed by atoms with van der Waals surface area (Å²) in [6, 6.07) is 0. The minimum Gasteiger partial charge on any atom is -0.479 e. The monoisotopic (exact) mass is 284 g/mol. The summed E-state index contributed by atoms with van der Waals surface area (Å²) in [6.07, 6.45) is 3.69. The molecule has 4 N–H and O–H groups in total. The Hall–Kier alpha value is -1.14. The average molecular weight is 284 g/mol. The van der Waals surface area contributed by atoms with Crippen LogP contribution in [0.5, 0.6) is 0 Å². The van der Waals surface area contributed by atoms with E-state index < -0.39 is 16.9 Å². The lowest BCUT2D eigenvalue weighted by Gasteiger charge is -2.39. The molecule has 2 aliphatic rings. The van der Waals surface area contributed by atoms with Gasteiger partial charge in [-0.25, -0.2) is 4.79 Å². The van der Waals surface area contributed by atoms with Crippen LogP contribution in [0.4, 0.5) is 0 Å². The molecule has 114 valence electrons. The van der Waals surface area contributed by atoms with Crippen LogP contribution < -0.4 is 11.1 Å². The first-order chi connectivity index (χ1) is 9.44. The number of nitrogens with one attached hydrogen (secondary N) is 1. The minimum atomic E-state index is -1.28. The van der Waals surface area contributed by atoms with E-state index in [1.807, 2.05) is 0 Å². The Bertz CT molecular complexity index is 383. The van der Waals surface area contributed by atoms with Crippen LogP contribution in [-0.4, -0.2) is 42.3 Å². The molecule has 0 aromatic carbocycles. The Morgan fingerprint density at radius 3 is 2.45 bits per heavy atom. The van der Waals surface area contributed by atoms with E-state index in [1.54, 1.807) is 0 Å². The maximum absolute atomic E-state index is 12.6. The Balaban J connectivity index is 2.11. The number of hydrogen-bond donors (Lipinski definition) is 3. The number of carbonyl (C=O) groups excluding carboxylic acids is 1. The van der Waals surface area contributed by atoms with Crippen LogP contribution in [0.15, 0.2) is 0 Å². The van der Waals surface area contributed by atoms with Gasteiger partial charge in [-0.15, -0.1) is 0 Å². The zero-order valence-electron chi connectivity index (χ0n) is 12.0. The van der Waals surface area contributed by atoms with Crippen LogP contribution >= 0.6 is 0 Å². The average Bonchev–Trinajstić information content (AvgIpc) is 2.90. The van der Waals surface area contributed by atoms with Crippen molar-refractivity contribution in [1.82, 2.24) is 5.32 Å². The van der Waals surface area contributed by atoms with Crippen molar-refractivity contribution in [3.63, 3.8) is 0 Å². The van der Waals surface area contributed by atoms with Crippen molar-refractivity contribution in [2.24, 2.45) is 17.1 Å². The predicted molar refractivity (Wildman–Crippen MR) is 73.1 cm³/mol. The highest BCUT2D eigenvalue weighted by Crippen LogP contribution is 2.39. The number of aliphatic carboxylic acids is 1. The van der Waals surface area contributed by atoms with Crippen LogP contribution in [0.3, 0.4) is 0 Å². The highest BCUT2D eigenvalue weighted by Gasteiger charge is 2.48. The number of carboxylic acids is 1. The molecule has 1 atom stereocenters. The van der Waals surface area contributed by atoms with Crippen LogP contribution in [0.1, 0.15) is 39.0 Å². The van der Waals surface area contributed by atoms with Gasteiger partial charge < -0.3 is 20.9 Å². The molecule has 0 bridgehead atoms. The van der Waals surface area contributed by atoms with Gasteiger partial charge in [-0.2, -0.15) is 0 Å². The molecule has 1 aliphatic carbocycles. The second kappa shape index (κ2) is 5.69. The van der Waals surface area contributed by atoms with E-state index in [2.05, 4.69) is 12.2 Å². The molecular formula is C14H24N2O4. The van der Waals surface area contributed by atoms with E-state index in [1.165, 1.54) is 0 Å². The molecule has 6 heteroatoms. The standard InChI is InChI=1S/C14H24N2O4/c1-10-2-4-13(8-15,5-3-10)11(17)16-14(12(18)19)6-7-20-9-14/h10H,2-9,15H2,1H3,(H,16,17)(H,18,19). The number of carbonyl (C=O) groups is 2. The van der Waals surface area contributed by atoms with E-state index in [4.69, 9.17) is 10.5 Å². The Labute approximate surface area is 119 Å². The second-order valence-corrected chi connectivity index (χ2v) is 6.31. The van der Waals surface area contributed by atoms with Gasteiger partial charge in [0, 0.05) is 19.6 Å². The summed E-state index contributed by atoms with van der Waals surface area (Å²) in [5.74, 6) is -0.648. The van der Waals surface area contributed by atoms with E-state index in [0.29, 0.717) is 18.9 Å². The van der Waals surface area contributed by atoms with Gasteiger partial charge in [-0.1, -0.05) is 6.92 Å². The summed E-state index contributed by atoms with van der Waals surface area (Å²) >= 11 is 0. The number of rotatable bonds is 4. The maximum atomic E-state index is 12.6. The molecule has 20 heavy (non-hydrogen) atoms. The molecule has 1 aliphatic heterocycles. The van der Waals surface area contributed by atoms with E-state index in [-0.39, 0.29) is 19.1 Å². The van der Waals surface area contributed by atoms with Gasteiger partial charge in [-0.05, 0) is 31.6 Å². The summed E-state index contributed by atoms with van der Waals surface area (Å²) < 4.78 is 5.17. The largest absolute Gasteiger partial charge is 0.479 e. The number of nitrogens with two attached hydrogens (primary N) is 1. The molecule has 1 saturated carbocycles.